The van der Waals surface area contributed by atoms with Gasteiger partial charge in [-0.05, 0) is 26.2 Å². The molecule has 0 radical (unpaired) electrons. The van der Waals surface area contributed by atoms with Gasteiger partial charge in [-0.1, -0.05) is 13.8 Å². The highest BCUT2D eigenvalue weighted by Gasteiger charge is 2.23. The molecule has 108 valence electrons. The smallest absolute Gasteiger partial charge is 0.237 e. The zero-order chi connectivity index (χ0) is 14.5. The number of hydrogen-bond acceptors (Lipinski definition) is 4. The van der Waals surface area contributed by atoms with Gasteiger partial charge in [-0.25, -0.2) is 8.42 Å². The van der Waals surface area contributed by atoms with E-state index in [1.807, 2.05) is 13.8 Å². The highest BCUT2D eigenvalue weighted by molar-refractivity contribution is 7.92. The van der Waals surface area contributed by atoms with Gasteiger partial charge in [0.25, 0.3) is 0 Å². The van der Waals surface area contributed by atoms with E-state index in [0.29, 0.717) is 18.9 Å². The maximum atomic E-state index is 11.8. The zero-order valence-electron chi connectivity index (χ0n) is 12.0. The van der Waals surface area contributed by atoms with Gasteiger partial charge in [-0.3, -0.25) is 4.79 Å². The molecule has 6 heteroatoms. The van der Waals surface area contributed by atoms with Crippen LogP contribution in [0.5, 0.6) is 0 Å². The van der Waals surface area contributed by atoms with Crippen LogP contribution in [0.25, 0.3) is 0 Å². The van der Waals surface area contributed by atoms with Crippen LogP contribution in [0.15, 0.2) is 0 Å². The Kier molecular flexibility index (Phi) is 6.84. The summed E-state index contributed by atoms with van der Waals surface area (Å²) in [5.74, 6) is -0.425. The molecule has 0 aliphatic rings. The third kappa shape index (κ3) is 5.82. The van der Waals surface area contributed by atoms with Gasteiger partial charge in [0.2, 0.25) is 5.91 Å². The number of carbonyl (C=O) groups is 1. The monoisotopic (exact) mass is 278 g/mol. The summed E-state index contributed by atoms with van der Waals surface area (Å²) in [5, 5.41) is -0.521. The second-order valence-corrected chi connectivity index (χ2v) is 7.92. The predicted octanol–water partition coefficient (Wildman–Crippen LogP) is 0.641. The van der Waals surface area contributed by atoms with Gasteiger partial charge >= 0.3 is 0 Å². The van der Waals surface area contributed by atoms with E-state index in [4.69, 9.17) is 5.73 Å². The molecule has 1 amide bonds. The van der Waals surface area contributed by atoms with Crippen LogP contribution < -0.4 is 5.73 Å². The molecule has 1 unspecified atom stereocenters. The Bertz CT molecular complexity index is 364. The first-order valence-electron chi connectivity index (χ1n) is 6.29. The van der Waals surface area contributed by atoms with E-state index in [1.54, 1.807) is 20.9 Å². The molecule has 0 fully saturated rings. The number of nitrogens with two attached hydrogens (primary N) is 1. The highest BCUT2D eigenvalue weighted by Crippen LogP contribution is 2.06. The number of nitrogens with zero attached hydrogens (tertiary/aromatic N) is 1. The van der Waals surface area contributed by atoms with Crippen LogP contribution in [-0.2, 0) is 14.6 Å². The van der Waals surface area contributed by atoms with Crippen LogP contribution in [0.4, 0.5) is 0 Å². The second kappa shape index (κ2) is 7.09. The third-order valence-electron chi connectivity index (χ3n) is 3.12. The highest BCUT2D eigenvalue weighted by atomic mass is 32.2. The van der Waals surface area contributed by atoms with Crippen molar-refractivity contribution in [2.45, 2.75) is 45.4 Å². The number of hydrogen-bond donors (Lipinski definition) is 1. The summed E-state index contributed by atoms with van der Waals surface area (Å²) in [6, 6.07) is 0.0296. The van der Waals surface area contributed by atoms with Crippen molar-refractivity contribution in [3.05, 3.63) is 0 Å². The van der Waals surface area contributed by atoms with Crippen molar-refractivity contribution in [2.75, 3.05) is 19.3 Å². The first kappa shape index (κ1) is 17.4. The molecule has 0 spiro atoms. The fraction of sp³-hybridized carbons (Fsp3) is 0.917. The van der Waals surface area contributed by atoms with Crippen LogP contribution in [0, 0.1) is 5.92 Å². The van der Waals surface area contributed by atoms with E-state index < -0.39 is 20.8 Å². The van der Waals surface area contributed by atoms with Crippen molar-refractivity contribution in [2.24, 2.45) is 11.7 Å². The maximum Gasteiger partial charge on any atom is 0.237 e. The van der Waals surface area contributed by atoms with Gasteiger partial charge in [0, 0.05) is 19.6 Å². The lowest BCUT2D eigenvalue weighted by atomic mass is 10.0. The molecule has 0 heterocycles. The van der Waals surface area contributed by atoms with Gasteiger partial charge < -0.3 is 10.6 Å². The summed E-state index contributed by atoms with van der Waals surface area (Å²) in [5.41, 5.74) is 5.88. The van der Waals surface area contributed by atoms with Crippen molar-refractivity contribution in [1.82, 2.24) is 4.90 Å². The minimum absolute atomic E-state index is 0.0296. The second-order valence-electron chi connectivity index (χ2n) is 5.37. The topological polar surface area (TPSA) is 80.5 Å². The molecule has 0 saturated carbocycles. The molecule has 0 bridgehead atoms. The molecule has 0 aliphatic heterocycles. The SMILES string of the molecule is CC(C)C(N)CCN(C)C(=O)CS(=O)(=O)C(C)C. The Morgan fingerprint density at radius 1 is 1.22 bits per heavy atom. The Hall–Kier alpha value is -0.620. The van der Waals surface area contributed by atoms with E-state index in [0.717, 1.165) is 0 Å². The Labute approximate surface area is 111 Å². The molecular weight excluding hydrogens is 252 g/mol. The number of carbonyl (C=O) groups excluding carboxylic acids is 1. The molecule has 1 atom stereocenters. The molecular formula is C12H26N2O3S. The fourth-order valence-corrected chi connectivity index (χ4v) is 2.15. The standard InChI is InChI=1S/C12H26N2O3S/c1-9(2)11(13)6-7-14(5)12(15)8-18(16,17)10(3)4/h9-11H,6-8,13H2,1-5H3. The minimum Gasteiger partial charge on any atom is -0.345 e. The first-order chi connectivity index (χ1) is 8.08. The summed E-state index contributed by atoms with van der Waals surface area (Å²) in [4.78, 5) is 13.2. The van der Waals surface area contributed by atoms with Gasteiger partial charge in [0.05, 0.1) is 5.25 Å². The third-order valence-corrected chi connectivity index (χ3v) is 5.21. The Balaban J connectivity index is 4.29. The van der Waals surface area contributed by atoms with Gasteiger partial charge in [-0.15, -0.1) is 0 Å². The average Bonchev–Trinajstić information content (AvgIpc) is 2.24. The van der Waals surface area contributed by atoms with Crippen molar-refractivity contribution in [3.8, 4) is 0 Å². The predicted molar refractivity (Wildman–Crippen MR) is 74.0 cm³/mol. The van der Waals surface area contributed by atoms with Crippen molar-refractivity contribution < 1.29 is 13.2 Å². The summed E-state index contributed by atoms with van der Waals surface area (Å²) in [6.07, 6.45) is 0.682. The number of sulfone groups is 1. The van der Waals surface area contributed by atoms with Crippen molar-refractivity contribution >= 4 is 15.7 Å². The van der Waals surface area contributed by atoms with E-state index >= 15 is 0 Å². The van der Waals surface area contributed by atoms with E-state index in [2.05, 4.69) is 0 Å². The molecule has 0 aromatic carbocycles. The summed E-state index contributed by atoms with van der Waals surface area (Å²) in [7, 11) is -1.70. The summed E-state index contributed by atoms with van der Waals surface area (Å²) < 4.78 is 23.2. The van der Waals surface area contributed by atoms with Crippen LogP contribution in [0.2, 0.25) is 0 Å². The normalized spacial score (nSPS) is 14.0. The molecule has 0 aromatic heterocycles. The average molecular weight is 278 g/mol. The lowest BCUT2D eigenvalue weighted by Gasteiger charge is -2.21. The van der Waals surface area contributed by atoms with Crippen molar-refractivity contribution in [3.63, 3.8) is 0 Å². The molecule has 18 heavy (non-hydrogen) atoms. The molecule has 0 aliphatic carbocycles. The lowest BCUT2D eigenvalue weighted by Crippen LogP contribution is -2.38. The maximum absolute atomic E-state index is 11.8. The molecule has 5 nitrogen and oxygen atoms in total. The van der Waals surface area contributed by atoms with E-state index in [-0.39, 0.29) is 11.9 Å². The van der Waals surface area contributed by atoms with Crippen LogP contribution in [-0.4, -0.2) is 49.9 Å². The number of amides is 1. The van der Waals surface area contributed by atoms with Crippen molar-refractivity contribution in [1.29, 1.82) is 0 Å². The Morgan fingerprint density at radius 3 is 2.11 bits per heavy atom. The molecule has 2 N–H and O–H groups in total. The van der Waals surface area contributed by atoms with E-state index in [1.165, 1.54) is 4.90 Å². The van der Waals surface area contributed by atoms with Gasteiger partial charge in [0.1, 0.15) is 5.75 Å². The summed E-state index contributed by atoms with van der Waals surface area (Å²) >= 11 is 0. The van der Waals surface area contributed by atoms with Crippen LogP contribution >= 0.6 is 0 Å². The quantitative estimate of drug-likeness (QED) is 0.741. The van der Waals surface area contributed by atoms with Gasteiger partial charge in [0.15, 0.2) is 9.84 Å². The zero-order valence-corrected chi connectivity index (χ0v) is 12.8. The van der Waals surface area contributed by atoms with Crippen LogP contribution in [0.3, 0.4) is 0 Å². The summed E-state index contributed by atoms with van der Waals surface area (Å²) in [6.45, 7) is 7.70. The molecule has 0 saturated heterocycles. The largest absolute Gasteiger partial charge is 0.345 e. The lowest BCUT2D eigenvalue weighted by molar-refractivity contribution is -0.127. The Morgan fingerprint density at radius 2 is 1.72 bits per heavy atom. The molecule has 0 rings (SSSR count). The number of rotatable bonds is 7. The first-order valence-corrected chi connectivity index (χ1v) is 8.00. The van der Waals surface area contributed by atoms with Gasteiger partial charge in [-0.2, -0.15) is 0 Å². The van der Waals surface area contributed by atoms with E-state index in [9.17, 15) is 13.2 Å². The fourth-order valence-electron chi connectivity index (χ4n) is 1.25. The van der Waals surface area contributed by atoms with Crippen LogP contribution in [0.1, 0.15) is 34.1 Å². The minimum atomic E-state index is -3.32. The molecule has 0 aromatic rings.